The SMILES string of the molecule is O=C(CNC(c1ccccc1)c1ccccc1)NNC(=O)c1ccc(Cl)cc1. The fourth-order valence-corrected chi connectivity index (χ4v) is 2.88. The quantitative estimate of drug-likeness (QED) is 0.561. The number of carbonyl (C=O) groups is 2. The Hall–Kier alpha value is -3.15. The lowest BCUT2D eigenvalue weighted by Gasteiger charge is -2.19. The summed E-state index contributed by atoms with van der Waals surface area (Å²) >= 11 is 5.81. The highest BCUT2D eigenvalue weighted by molar-refractivity contribution is 6.30. The first-order chi connectivity index (χ1) is 13.6. The van der Waals surface area contributed by atoms with Gasteiger partial charge in [-0.3, -0.25) is 25.8 Å². The maximum absolute atomic E-state index is 12.2. The molecule has 0 atom stereocenters. The fourth-order valence-electron chi connectivity index (χ4n) is 2.76. The van der Waals surface area contributed by atoms with E-state index in [1.165, 1.54) is 0 Å². The molecule has 0 aliphatic rings. The minimum Gasteiger partial charge on any atom is -0.298 e. The average Bonchev–Trinajstić information content (AvgIpc) is 2.74. The van der Waals surface area contributed by atoms with Crippen LogP contribution in [0.15, 0.2) is 84.9 Å². The first-order valence-corrected chi connectivity index (χ1v) is 9.19. The van der Waals surface area contributed by atoms with Crippen molar-refractivity contribution in [1.29, 1.82) is 0 Å². The van der Waals surface area contributed by atoms with Crippen LogP contribution in [0.25, 0.3) is 0 Å². The number of amides is 2. The van der Waals surface area contributed by atoms with E-state index in [2.05, 4.69) is 16.2 Å². The standard InChI is InChI=1S/C22H20ClN3O2/c23-19-13-11-18(12-14-19)22(28)26-25-20(27)15-24-21(16-7-3-1-4-8-16)17-9-5-2-6-10-17/h1-14,21,24H,15H2,(H,25,27)(H,26,28). The Bertz CT molecular complexity index is 876. The van der Waals surface area contributed by atoms with Crippen LogP contribution in [0.4, 0.5) is 0 Å². The third-order valence-electron chi connectivity index (χ3n) is 4.15. The van der Waals surface area contributed by atoms with Crippen molar-refractivity contribution < 1.29 is 9.59 Å². The normalized spacial score (nSPS) is 10.5. The van der Waals surface area contributed by atoms with Gasteiger partial charge in [-0.25, -0.2) is 0 Å². The summed E-state index contributed by atoms with van der Waals surface area (Å²) in [7, 11) is 0. The molecule has 2 amide bonds. The number of benzene rings is 3. The molecule has 142 valence electrons. The van der Waals surface area contributed by atoms with Crippen LogP contribution in [-0.4, -0.2) is 18.4 Å². The zero-order chi connectivity index (χ0) is 19.8. The summed E-state index contributed by atoms with van der Waals surface area (Å²) < 4.78 is 0. The van der Waals surface area contributed by atoms with Gasteiger partial charge in [0.25, 0.3) is 11.8 Å². The molecule has 3 aromatic rings. The second-order valence-corrected chi connectivity index (χ2v) is 6.58. The van der Waals surface area contributed by atoms with Crippen molar-refractivity contribution in [3.63, 3.8) is 0 Å². The Morgan fingerprint density at radius 1 is 0.750 bits per heavy atom. The average molecular weight is 394 g/mol. The van der Waals surface area contributed by atoms with E-state index >= 15 is 0 Å². The summed E-state index contributed by atoms with van der Waals surface area (Å²) in [5.74, 6) is -0.758. The van der Waals surface area contributed by atoms with Crippen LogP contribution in [0.2, 0.25) is 5.02 Å². The maximum atomic E-state index is 12.2. The summed E-state index contributed by atoms with van der Waals surface area (Å²) in [6, 6.07) is 26.0. The maximum Gasteiger partial charge on any atom is 0.269 e. The Morgan fingerprint density at radius 3 is 1.82 bits per heavy atom. The van der Waals surface area contributed by atoms with Gasteiger partial charge in [-0.2, -0.15) is 0 Å². The monoisotopic (exact) mass is 393 g/mol. The highest BCUT2D eigenvalue weighted by Gasteiger charge is 2.15. The molecule has 0 heterocycles. The second kappa shape index (κ2) is 9.69. The molecule has 3 N–H and O–H groups in total. The van der Waals surface area contributed by atoms with Crippen molar-refractivity contribution >= 4 is 23.4 Å². The molecule has 0 radical (unpaired) electrons. The third kappa shape index (κ3) is 5.42. The summed E-state index contributed by atoms with van der Waals surface area (Å²) in [6.45, 7) is 0.0371. The van der Waals surface area contributed by atoms with Crippen LogP contribution in [-0.2, 0) is 4.79 Å². The van der Waals surface area contributed by atoms with E-state index in [4.69, 9.17) is 11.6 Å². The van der Waals surface area contributed by atoms with Crippen LogP contribution in [0.3, 0.4) is 0 Å². The number of hydrogen-bond acceptors (Lipinski definition) is 3. The summed E-state index contributed by atoms with van der Waals surface area (Å²) in [4.78, 5) is 24.2. The minimum absolute atomic E-state index is 0.0371. The molecule has 0 bridgehead atoms. The van der Waals surface area contributed by atoms with Crippen molar-refractivity contribution in [1.82, 2.24) is 16.2 Å². The molecule has 0 aliphatic carbocycles. The molecule has 28 heavy (non-hydrogen) atoms. The number of nitrogens with one attached hydrogen (secondary N) is 3. The van der Waals surface area contributed by atoms with Gasteiger partial charge in [-0.05, 0) is 35.4 Å². The van der Waals surface area contributed by atoms with Gasteiger partial charge in [0.2, 0.25) is 0 Å². The lowest BCUT2D eigenvalue weighted by molar-refractivity contribution is -0.121. The van der Waals surface area contributed by atoms with Gasteiger partial charge in [0.1, 0.15) is 0 Å². The van der Waals surface area contributed by atoms with E-state index in [0.29, 0.717) is 10.6 Å². The Morgan fingerprint density at radius 2 is 1.29 bits per heavy atom. The molecule has 5 nitrogen and oxygen atoms in total. The second-order valence-electron chi connectivity index (χ2n) is 6.14. The summed E-state index contributed by atoms with van der Waals surface area (Å²) in [5, 5.41) is 3.78. The van der Waals surface area contributed by atoms with Crippen molar-refractivity contribution in [2.24, 2.45) is 0 Å². The lowest BCUT2D eigenvalue weighted by Crippen LogP contribution is -2.46. The van der Waals surface area contributed by atoms with Crippen LogP contribution in [0.5, 0.6) is 0 Å². The molecule has 0 fully saturated rings. The van der Waals surface area contributed by atoms with Gasteiger partial charge >= 0.3 is 0 Å². The minimum atomic E-state index is -0.410. The van der Waals surface area contributed by atoms with E-state index in [0.717, 1.165) is 11.1 Å². The predicted octanol–water partition coefficient (Wildman–Crippen LogP) is 3.48. The smallest absolute Gasteiger partial charge is 0.269 e. The van der Waals surface area contributed by atoms with Gasteiger partial charge < -0.3 is 0 Å². The first-order valence-electron chi connectivity index (χ1n) is 8.81. The van der Waals surface area contributed by atoms with Gasteiger partial charge in [0.15, 0.2) is 0 Å². The zero-order valence-corrected chi connectivity index (χ0v) is 15.8. The zero-order valence-electron chi connectivity index (χ0n) is 15.1. The Balaban J connectivity index is 1.58. The Kier molecular flexibility index (Phi) is 6.78. The highest BCUT2D eigenvalue weighted by atomic mass is 35.5. The number of rotatable bonds is 6. The van der Waals surface area contributed by atoms with E-state index in [9.17, 15) is 9.59 Å². The number of hydrogen-bond donors (Lipinski definition) is 3. The Labute approximate surface area is 168 Å². The van der Waals surface area contributed by atoms with Crippen LogP contribution in [0, 0.1) is 0 Å². The molecule has 3 aromatic carbocycles. The molecule has 6 heteroatoms. The van der Waals surface area contributed by atoms with E-state index in [-0.39, 0.29) is 18.5 Å². The van der Waals surface area contributed by atoms with E-state index in [1.807, 2.05) is 60.7 Å². The van der Waals surface area contributed by atoms with Crippen LogP contribution < -0.4 is 16.2 Å². The molecular weight excluding hydrogens is 374 g/mol. The molecule has 0 spiro atoms. The number of halogens is 1. The number of hydrazine groups is 1. The molecule has 0 saturated heterocycles. The highest BCUT2D eigenvalue weighted by Crippen LogP contribution is 2.21. The molecule has 3 rings (SSSR count). The van der Waals surface area contributed by atoms with Crippen LogP contribution >= 0.6 is 11.6 Å². The van der Waals surface area contributed by atoms with Gasteiger partial charge in [0.05, 0.1) is 12.6 Å². The molecule has 0 aromatic heterocycles. The van der Waals surface area contributed by atoms with Gasteiger partial charge in [0, 0.05) is 10.6 Å². The van der Waals surface area contributed by atoms with Crippen molar-refractivity contribution in [2.45, 2.75) is 6.04 Å². The fraction of sp³-hybridized carbons (Fsp3) is 0.0909. The summed E-state index contributed by atoms with van der Waals surface area (Å²) in [5.41, 5.74) is 7.32. The lowest BCUT2D eigenvalue weighted by atomic mass is 9.99. The van der Waals surface area contributed by atoms with Crippen LogP contribution in [0.1, 0.15) is 27.5 Å². The largest absolute Gasteiger partial charge is 0.298 e. The van der Waals surface area contributed by atoms with Crippen molar-refractivity contribution in [3.8, 4) is 0 Å². The third-order valence-corrected chi connectivity index (χ3v) is 4.41. The molecular formula is C22H20ClN3O2. The van der Waals surface area contributed by atoms with Gasteiger partial charge in [-0.15, -0.1) is 0 Å². The van der Waals surface area contributed by atoms with E-state index in [1.54, 1.807) is 24.3 Å². The topological polar surface area (TPSA) is 70.2 Å². The summed E-state index contributed by atoms with van der Waals surface area (Å²) in [6.07, 6.45) is 0. The van der Waals surface area contributed by atoms with Gasteiger partial charge in [-0.1, -0.05) is 72.3 Å². The molecule has 0 unspecified atom stereocenters. The number of carbonyl (C=O) groups excluding carboxylic acids is 2. The molecule has 0 saturated carbocycles. The predicted molar refractivity (Wildman–Crippen MR) is 110 cm³/mol. The first kappa shape index (κ1) is 19.6. The van der Waals surface area contributed by atoms with Crippen molar-refractivity contribution in [2.75, 3.05) is 6.54 Å². The van der Waals surface area contributed by atoms with Crippen molar-refractivity contribution in [3.05, 3.63) is 107 Å². The van der Waals surface area contributed by atoms with E-state index < -0.39 is 5.91 Å². The molecule has 0 aliphatic heterocycles.